The van der Waals surface area contributed by atoms with Crippen molar-refractivity contribution in [1.29, 1.82) is 0 Å². The van der Waals surface area contributed by atoms with Gasteiger partial charge in [-0.25, -0.2) is 14.6 Å². The highest BCUT2D eigenvalue weighted by atomic mass is 16.6. The van der Waals surface area contributed by atoms with E-state index in [-0.39, 0.29) is 12.5 Å². The molecule has 2 amide bonds. The van der Waals surface area contributed by atoms with Gasteiger partial charge in [-0.05, 0) is 47.1 Å². The Kier molecular flexibility index (Phi) is 7.51. The molecule has 0 aliphatic heterocycles. The molecule has 8 nitrogen and oxygen atoms in total. The summed E-state index contributed by atoms with van der Waals surface area (Å²) in [4.78, 5) is 38.9. The lowest BCUT2D eigenvalue weighted by Crippen LogP contribution is -2.47. The first-order valence-electron chi connectivity index (χ1n) is 8.46. The maximum absolute atomic E-state index is 12.0. The number of aldehydes is 1. The van der Waals surface area contributed by atoms with Crippen LogP contribution >= 0.6 is 0 Å². The third-order valence-corrected chi connectivity index (χ3v) is 2.77. The molecule has 0 spiro atoms. The Hall–Kier alpha value is -2.90. The first-order chi connectivity index (χ1) is 12.4. The van der Waals surface area contributed by atoms with Gasteiger partial charge in [-0.3, -0.25) is 15.4 Å². The van der Waals surface area contributed by atoms with E-state index in [1.807, 2.05) is 0 Å². The first-order valence-corrected chi connectivity index (χ1v) is 8.46. The van der Waals surface area contributed by atoms with Crippen LogP contribution in [0.4, 0.5) is 9.59 Å². The number of carbonyl (C=O) groups is 3. The van der Waals surface area contributed by atoms with E-state index in [9.17, 15) is 14.4 Å². The Morgan fingerprint density at radius 1 is 0.926 bits per heavy atom. The number of ether oxygens (including phenoxy) is 2. The van der Waals surface area contributed by atoms with Crippen LogP contribution in [0.2, 0.25) is 0 Å². The summed E-state index contributed by atoms with van der Waals surface area (Å²) < 4.78 is 10.3. The summed E-state index contributed by atoms with van der Waals surface area (Å²) in [6.07, 6.45) is -0.769. The van der Waals surface area contributed by atoms with E-state index in [0.717, 1.165) is 11.8 Å². The molecule has 0 heterocycles. The van der Waals surface area contributed by atoms with Crippen LogP contribution in [0.3, 0.4) is 0 Å². The Bertz CT molecular complexity index is 666. The third-order valence-electron chi connectivity index (χ3n) is 2.77. The smallest absolute Gasteiger partial charge is 0.414 e. The molecule has 1 aromatic rings. The standard InChI is InChI=1S/C19H27N3O5/c1-18(2,3)26-16(24)21-15(22-17(25)27-19(4,5)6)20-11-13-7-9-14(12-23)10-8-13/h7-10,12H,11H2,1-6H3,(H2,20,21,22,24,25). The molecule has 148 valence electrons. The monoisotopic (exact) mass is 377 g/mol. The van der Waals surface area contributed by atoms with E-state index in [4.69, 9.17) is 9.47 Å². The van der Waals surface area contributed by atoms with Crippen molar-refractivity contribution in [2.45, 2.75) is 59.3 Å². The van der Waals surface area contributed by atoms with Crippen molar-refractivity contribution < 1.29 is 23.9 Å². The predicted octanol–water partition coefficient (Wildman–Crippen LogP) is 3.40. The highest BCUT2D eigenvalue weighted by Gasteiger charge is 2.21. The van der Waals surface area contributed by atoms with Gasteiger partial charge in [0.1, 0.15) is 17.5 Å². The highest BCUT2D eigenvalue weighted by molar-refractivity contribution is 6.01. The van der Waals surface area contributed by atoms with Crippen LogP contribution < -0.4 is 10.6 Å². The second-order valence-corrected chi connectivity index (χ2v) is 7.78. The number of aliphatic imine (C=N–C) groups is 1. The maximum Gasteiger partial charge on any atom is 0.414 e. The average Bonchev–Trinajstić information content (AvgIpc) is 2.49. The lowest BCUT2D eigenvalue weighted by molar-refractivity contribution is 0.0544. The van der Waals surface area contributed by atoms with Crippen LogP contribution in [0, 0.1) is 0 Å². The minimum Gasteiger partial charge on any atom is -0.444 e. The number of guanidine groups is 1. The minimum absolute atomic E-state index is 0.0991. The first kappa shape index (κ1) is 22.1. The summed E-state index contributed by atoms with van der Waals surface area (Å²) in [5.74, 6) is -0.0991. The minimum atomic E-state index is -0.756. The summed E-state index contributed by atoms with van der Waals surface area (Å²) in [6.45, 7) is 10.5. The molecule has 0 aromatic heterocycles. The van der Waals surface area contributed by atoms with Crippen LogP contribution in [-0.2, 0) is 16.0 Å². The number of amides is 2. The molecule has 0 fully saturated rings. The number of hydrogen-bond donors (Lipinski definition) is 2. The molecular formula is C19H27N3O5. The molecule has 0 unspecified atom stereocenters. The number of rotatable bonds is 3. The summed E-state index contributed by atoms with van der Waals surface area (Å²) in [5, 5.41) is 4.81. The number of nitrogens with one attached hydrogen (secondary N) is 2. The van der Waals surface area contributed by atoms with Gasteiger partial charge in [0.25, 0.3) is 0 Å². The van der Waals surface area contributed by atoms with Gasteiger partial charge in [0.15, 0.2) is 0 Å². The molecule has 27 heavy (non-hydrogen) atoms. The van der Waals surface area contributed by atoms with E-state index in [0.29, 0.717) is 5.56 Å². The van der Waals surface area contributed by atoms with Crippen LogP contribution in [-0.4, -0.2) is 35.6 Å². The molecule has 8 heteroatoms. The number of carbonyl (C=O) groups excluding carboxylic acids is 3. The third kappa shape index (κ3) is 9.98. The van der Waals surface area contributed by atoms with Gasteiger partial charge in [-0.15, -0.1) is 0 Å². The summed E-state index contributed by atoms with van der Waals surface area (Å²) in [6, 6.07) is 6.76. The molecule has 0 bridgehead atoms. The van der Waals surface area contributed by atoms with Gasteiger partial charge in [0.2, 0.25) is 5.96 Å². The molecule has 0 atom stereocenters. The van der Waals surface area contributed by atoms with Crippen molar-refractivity contribution >= 4 is 24.4 Å². The Labute approximate surface area is 159 Å². The van der Waals surface area contributed by atoms with Crippen molar-refractivity contribution in [3.8, 4) is 0 Å². The molecule has 0 saturated heterocycles. The van der Waals surface area contributed by atoms with Crippen molar-refractivity contribution in [2.75, 3.05) is 0 Å². The number of alkyl carbamates (subject to hydrolysis) is 2. The summed E-state index contributed by atoms with van der Waals surface area (Å²) >= 11 is 0. The number of hydrogen-bond acceptors (Lipinski definition) is 6. The molecule has 0 radical (unpaired) electrons. The normalized spacial score (nSPS) is 11.2. The van der Waals surface area contributed by atoms with Crippen molar-refractivity contribution in [1.82, 2.24) is 10.6 Å². The van der Waals surface area contributed by atoms with Gasteiger partial charge in [-0.1, -0.05) is 24.3 Å². The fourth-order valence-electron chi connectivity index (χ4n) is 1.78. The lowest BCUT2D eigenvalue weighted by atomic mass is 10.1. The van der Waals surface area contributed by atoms with Gasteiger partial charge in [0.05, 0.1) is 6.54 Å². The zero-order valence-corrected chi connectivity index (χ0v) is 16.6. The fraction of sp³-hybridized carbons (Fsp3) is 0.474. The van der Waals surface area contributed by atoms with Crippen LogP contribution in [0.15, 0.2) is 29.3 Å². The maximum atomic E-state index is 12.0. The van der Waals surface area contributed by atoms with Crippen molar-refractivity contribution in [3.05, 3.63) is 35.4 Å². The topological polar surface area (TPSA) is 106 Å². The highest BCUT2D eigenvalue weighted by Crippen LogP contribution is 2.08. The van der Waals surface area contributed by atoms with Gasteiger partial charge < -0.3 is 9.47 Å². The van der Waals surface area contributed by atoms with Crippen LogP contribution in [0.25, 0.3) is 0 Å². The number of nitrogens with zero attached hydrogens (tertiary/aromatic N) is 1. The average molecular weight is 377 g/mol. The zero-order chi connectivity index (χ0) is 20.7. The van der Waals surface area contributed by atoms with Crippen molar-refractivity contribution in [3.63, 3.8) is 0 Å². The lowest BCUT2D eigenvalue weighted by Gasteiger charge is -2.22. The van der Waals surface area contributed by atoms with Crippen molar-refractivity contribution in [2.24, 2.45) is 4.99 Å². The molecule has 0 aliphatic rings. The Morgan fingerprint density at radius 2 is 1.37 bits per heavy atom. The quantitative estimate of drug-likeness (QED) is 0.477. The van der Waals surface area contributed by atoms with Crippen LogP contribution in [0.5, 0.6) is 0 Å². The van der Waals surface area contributed by atoms with E-state index in [1.165, 1.54) is 0 Å². The van der Waals surface area contributed by atoms with E-state index in [2.05, 4.69) is 15.6 Å². The molecule has 2 N–H and O–H groups in total. The van der Waals surface area contributed by atoms with Gasteiger partial charge in [0, 0.05) is 5.56 Å². The summed E-state index contributed by atoms with van der Waals surface area (Å²) in [5.41, 5.74) is -0.0749. The van der Waals surface area contributed by atoms with Gasteiger partial charge >= 0.3 is 12.2 Å². The molecule has 0 saturated carbocycles. The molecule has 0 aliphatic carbocycles. The Morgan fingerprint density at radius 3 is 1.74 bits per heavy atom. The fourth-order valence-corrected chi connectivity index (χ4v) is 1.78. The van der Waals surface area contributed by atoms with Crippen LogP contribution in [0.1, 0.15) is 57.5 Å². The van der Waals surface area contributed by atoms with Gasteiger partial charge in [-0.2, -0.15) is 0 Å². The van der Waals surface area contributed by atoms with E-state index >= 15 is 0 Å². The predicted molar refractivity (Wildman–Crippen MR) is 102 cm³/mol. The van der Waals surface area contributed by atoms with E-state index in [1.54, 1.807) is 65.8 Å². The van der Waals surface area contributed by atoms with E-state index < -0.39 is 23.4 Å². The second-order valence-electron chi connectivity index (χ2n) is 7.78. The summed E-state index contributed by atoms with van der Waals surface area (Å²) in [7, 11) is 0. The zero-order valence-electron chi connectivity index (χ0n) is 16.6. The Balaban J connectivity index is 2.88. The largest absolute Gasteiger partial charge is 0.444 e. The molecule has 1 aromatic carbocycles. The molecular weight excluding hydrogens is 350 g/mol. The SMILES string of the molecule is CC(C)(C)OC(=O)NC(=NCc1ccc(C=O)cc1)NC(=O)OC(C)(C)C. The number of benzene rings is 1. The molecule has 1 rings (SSSR count). The second kappa shape index (κ2) is 9.16.